The Hall–Kier alpha value is -1.36. The van der Waals surface area contributed by atoms with Gasteiger partial charge in [0.15, 0.2) is 0 Å². The van der Waals surface area contributed by atoms with Gasteiger partial charge in [-0.25, -0.2) is 9.97 Å². The van der Waals surface area contributed by atoms with Crippen LogP contribution in [0.25, 0.3) is 0 Å². The van der Waals surface area contributed by atoms with E-state index in [0.29, 0.717) is 0 Å². The predicted molar refractivity (Wildman–Crippen MR) is 67.3 cm³/mol. The van der Waals surface area contributed by atoms with E-state index in [-0.39, 0.29) is 6.04 Å². The molecule has 0 spiro atoms. The molecule has 2 aromatic rings. The van der Waals surface area contributed by atoms with Gasteiger partial charge < -0.3 is 10.3 Å². The third-order valence-electron chi connectivity index (χ3n) is 2.37. The van der Waals surface area contributed by atoms with Crippen LogP contribution in [0.1, 0.15) is 24.4 Å². The van der Waals surface area contributed by atoms with Crippen molar-refractivity contribution in [3.05, 3.63) is 40.5 Å². The summed E-state index contributed by atoms with van der Waals surface area (Å²) < 4.78 is 0.994. The van der Waals surface area contributed by atoms with E-state index < -0.39 is 0 Å². The third kappa shape index (κ3) is 2.24. The first kappa shape index (κ1) is 11.1. The van der Waals surface area contributed by atoms with Gasteiger partial charge in [0.25, 0.3) is 0 Å². The van der Waals surface area contributed by atoms with Crippen LogP contribution in [0, 0.1) is 6.92 Å². The minimum absolute atomic E-state index is 0.0978. The van der Waals surface area contributed by atoms with Gasteiger partial charge in [0.1, 0.15) is 11.6 Å². The van der Waals surface area contributed by atoms with Crippen LogP contribution >= 0.6 is 15.9 Å². The molecule has 1 unspecified atom stereocenters. The van der Waals surface area contributed by atoms with Gasteiger partial charge in [-0.3, -0.25) is 0 Å². The monoisotopic (exact) mass is 280 g/mol. The van der Waals surface area contributed by atoms with Crippen LogP contribution in [0.5, 0.6) is 0 Å². The van der Waals surface area contributed by atoms with E-state index in [1.165, 1.54) is 0 Å². The van der Waals surface area contributed by atoms with E-state index in [2.05, 4.69) is 36.2 Å². The average Bonchev–Trinajstić information content (AvgIpc) is 2.78. The second kappa shape index (κ2) is 4.65. The second-order valence-corrected chi connectivity index (χ2v) is 4.42. The van der Waals surface area contributed by atoms with Crippen LogP contribution in [0.3, 0.4) is 0 Å². The first-order valence-corrected chi connectivity index (χ1v) is 5.84. The van der Waals surface area contributed by atoms with E-state index in [4.69, 9.17) is 0 Å². The van der Waals surface area contributed by atoms with Crippen molar-refractivity contribution >= 4 is 21.7 Å². The molecule has 0 aliphatic heterocycles. The number of H-pyrrole nitrogens is 1. The molecule has 4 nitrogen and oxygen atoms in total. The van der Waals surface area contributed by atoms with Gasteiger partial charge in [-0.15, -0.1) is 0 Å². The number of aryl methyl sites for hydroxylation is 1. The average molecular weight is 281 g/mol. The minimum Gasteiger partial charge on any atom is -0.359 e. The number of pyridine rings is 1. The van der Waals surface area contributed by atoms with Crippen molar-refractivity contribution in [1.29, 1.82) is 0 Å². The van der Waals surface area contributed by atoms with E-state index >= 15 is 0 Å². The molecule has 0 aliphatic rings. The minimum atomic E-state index is 0.0978. The molecule has 0 aliphatic carbocycles. The molecule has 0 fully saturated rings. The maximum absolute atomic E-state index is 4.29. The molecular formula is C11H13BrN4. The fraction of sp³-hybridized carbons (Fsp3) is 0.273. The van der Waals surface area contributed by atoms with Crippen molar-refractivity contribution in [3.8, 4) is 0 Å². The maximum atomic E-state index is 4.29. The molecule has 0 aromatic carbocycles. The SMILES string of the molecule is Cc1ccnc(NC(C)c2ncc[nH]2)c1Br. The van der Waals surface area contributed by atoms with Crippen LogP contribution < -0.4 is 5.32 Å². The van der Waals surface area contributed by atoms with E-state index in [1.807, 2.05) is 26.1 Å². The van der Waals surface area contributed by atoms with Crippen molar-refractivity contribution < 1.29 is 0 Å². The quantitative estimate of drug-likeness (QED) is 0.909. The molecule has 2 heterocycles. The van der Waals surface area contributed by atoms with Crippen molar-refractivity contribution in [1.82, 2.24) is 15.0 Å². The van der Waals surface area contributed by atoms with Gasteiger partial charge in [-0.05, 0) is 41.4 Å². The first-order valence-electron chi connectivity index (χ1n) is 5.05. The molecule has 0 saturated carbocycles. The Kier molecular flexibility index (Phi) is 3.24. The lowest BCUT2D eigenvalue weighted by Gasteiger charge is -2.14. The Labute approximate surface area is 103 Å². The Morgan fingerprint density at radius 1 is 1.38 bits per heavy atom. The van der Waals surface area contributed by atoms with Gasteiger partial charge in [0.05, 0.1) is 10.5 Å². The van der Waals surface area contributed by atoms with Gasteiger partial charge in [0.2, 0.25) is 0 Å². The van der Waals surface area contributed by atoms with Crippen LogP contribution in [0.4, 0.5) is 5.82 Å². The number of rotatable bonds is 3. The van der Waals surface area contributed by atoms with Crippen LogP contribution in [-0.2, 0) is 0 Å². The highest BCUT2D eigenvalue weighted by Crippen LogP contribution is 2.25. The molecule has 0 saturated heterocycles. The first-order chi connectivity index (χ1) is 7.68. The van der Waals surface area contributed by atoms with Crippen molar-refractivity contribution in [2.24, 2.45) is 0 Å². The molecule has 2 N–H and O–H groups in total. The largest absolute Gasteiger partial charge is 0.359 e. The molecule has 5 heteroatoms. The third-order valence-corrected chi connectivity index (χ3v) is 3.37. The zero-order valence-electron chi connectivity index (χ0n) is 9.16. The summed E-state index contributed by atoms with van der Waals surface area (Å²) in [5.41, 5.74) is 1.16. The summed E-state index contributed by atoms with van der Waals surface area (Å²) >= 11 is 3.52. The number of aromatic nitrogens is 3. The topological polar surface area (TPSA) is 53.6 Å². The molecule has 0 radical (unpaired) electrons. The lowest BCUT2D eigenvalue weighted by molar-refractivity contribution is 0.802. The van der Waals surface area contributed by atoms with E-state index in [0.717, 1.165) is 21.7 Å². The predicted octanol–water partition coefficient (Wildman–Crippen LogP) is 3.05. The van der Waals surface area contributed by atoms with Crippen LogP contribution in [0.2, 0.25) is 0 Å². The number of imidazole rings is 1. The lowest BCUT2D eigenvalue weighted by atomic mass is 10.2. The molecule has 2 rings (SSSR count). The standard InChI is InChI=1S/C11H13BrN4/c1-7-3-4-13-11(9(7)12)16-8(2)10-14-5-6-15-10/h3-6,8H,1-2H3,(H,13,16)(H,14,15). The summed E-state index contributed by atoms with van der Waals surface area (Å²) in [4.78, 5) is 11.6. The van der Waals surface area contributed by atoms with Crippen LogP contribution in [0.15, 0.2) is 29.1 Å². The van der Waals surface area contributed by atoms with E-state index in [9.17, 15) is 0 Å². The number of hydrogen-bond acceptors (Lipinski definition) is 3. The Morgan fingerprint density at radius 3 is 2.88 bits per heavy atom. The number of nitrogens with zero attached hydrogens (tertiary/aromatic N) is 2. The number of halogens is 1. The molecule has 1 atom stereocenters. The number of nitrogens with one attached hydrogen (secondary N) is 2. The van der Waals surface area contributed by atoms with Gasteiger partial charge >= 0.3 is 0 Å². The highest BCUT2D eigenvalue weighted by molar-refractivity contribution is 9.10. The lowest BCUT2D eigenvalue weighted by Crippen LogP contribution is -2.10. The molecule has 0 bridgehead atoms. The fourth-order valence-corrected chi connectivity index (χ4v) is 1.78. The van der Waals surface area contributed by atoms with Crippen molar-refractivity contribution in [3.63, 3.8) is 0 Å². The van der Waals surface area contributed by atoms with E-state index in [1.54, 1.807) is 12.4 Å². The Bertz CT molecular complexity index is 467. The van der Waals surface area contributed by atoms with Crippen molar-refractivity contribution in [2.75, 3.05) is 5.32 Å². The fourth-order valence-electron chi connectivity index (χ4n) is 1.43. The summed E-state index contributed by atoms with van der Waals surface area (Å²) in [6, 6.07) is 2.06. The Morgan fingerprint density at radius 2 is 2.19 bits per heavy atom. The van der Waals surface area contributed by atoms with Crippen molar-refractivity contribution in [2.45, 2.75) is 19.9 Å². The number of aromatic amines is 1. The normalized spacial score (nSPS) is 12.4. The molecule has 0 amide bonds. The molecular weight excluding hydrogens is 268 g/mol. The summed E-state index contributed by atoms with van der Waals surface area (Å²) in [6.07, 6.45) is 5.34. The zero-order valence-corrected chi connectivity index (χ0v) is 10.7. The number of anilines is 1. The van der Waals surface area contributed by atoms with Gasteiger partial charge in [0, 0.05) is 18.6 Å². The smallest absolute Gasteiger partial charge is 0.141 e. The summed E-state index contributed by atoms with van der Waals surface area (Å²) in [5.74, 6) is 1.74. The highest BCUT2D eigenvalue weighted by atomic mass is 79.9. The summed E-state index contributed by atoms with van der Waals surface area (Å²) in [7, 11) is 0. The summed E-state index contributed by atoms with van der Waals surface area (Å²) in [6.45, 7) is 4.07. The molecule has 16 heavy (non-hydrogen) atoms. The molecule has 84 valence electrons. The zero-order chi connectivity index (χ0) is 11.5. The maximum Gasteiger partial charge on any atom is 0.141 e. The van der Waals surface area contributed by atoms with Gasteiger partial charge in [-0.2, -0.15) is 0 Å². The summed E-state index contributed by atoms with van der Waals surface area (Å²) in [5, 5.41) is 3.30. The number of hydrogen-bond donors (Lipinski definition) is 2. The second-order valence-electron chi connectivity index (χ2n) is 3.63. The van der Waals surface area contributed by atoms with Gasteiger partial charge in [-0.1, -0.05) is 0 Å². The molecule has 2 aromatic heterocycles. The highest BCUT2D eigenvalue weighted by Gasteiger charge is 2.10. The van der Waals surface area contributed by atoms with Crippen LogP contribution in [-0.4, -0.2) is 15.0 Å². The Balaban J connectivity index is 2.18.